The van der Waals surface area contributed by atoms with Gasteiger partial charge in [-0.05, 0) is 38.0 Å². The van der Waals surface area contributed by atoms with Gasteiger partial charge < -0.3 is 4.84 Å². The van der Waals surface area contributed by atoms with Crippen molar-refractivity contribution >= 4 is 15.5 Å². The number of rotatable bonds is 4. The van der Waals surface area contributed by atoms with Gasteiger partial charge in [0.2, 0.25) is 5.71 Å². The van der Waals surface area contributed by atoms with E-state index in [1.807, 2.05) is 44.2 Å². The van der Waals surface area contributed by atoms with Crippen molar-refractivity contribution in [3.63, 3.8) is 0 Å². The number of hydrogen-bond donors (Lipinski definition) is 0. The normalized spacial score (nSPS) is 20.2. The zero-order valence-electron chi connectivity index (χ0n) is 14.3. The van der Waals surface area contributed by atoms with E-state index in [0.29, 0.717) is 11.3 Å². The zero-order valence-corrected chi connectivity index (χ0v) is 15.1. The molecule has 0 saturated heterocycles. The second-order valence-corrected chi connectivity index (χ2v) is 8.83. The van der Waals surface area contributed by atoms with Gasteiger partial charge in [-0.2, -0.15) is 0 Å². The van der Waals surface area contributed by atoms with Gasteiger partial charge in [0.05, 0.1) is 16.4 Å². The molecule has 1 atom stereocenters. The molecule has 25 heavy (non-hydrogen) atoms. The number of sulfone groups is 1. The molecule has 1 aliphatic heterocycles. The lowest BCUT2D eigenvalue weighted by molar-refractivity contribution is -0.770. The van der Waals surface area contributed by atoms with Crippen molar-refractivity contribution in [3.8, 4) is 0 Å². The predicted octanol–water partition coefficient (Wildman–Crippen LogP) is 3.31. The Labute approximate surface area is 148 Å². The second-order valence-electron chi connectivity index (χ2n) is 6.84. The van der Waals surface area contributed by atoms with Crippen molar-refractivity contribution in [1.82, 2.24) is 0 Å². The van der Waals surface area contributed by atoms with Crippen LogP contribution >= 0.6 is 0 Å². The maximum Gasteiger partial charge on any atom is 0.244 e. The molecule has 0 N–H and O–H groups in total. The molecular formula is C19H21NO4S. The summed E-state index contributed by atoms with van der Waals surface area (Å²) >= 11 is 0. The molecule has 0 fully saturated rings. The van der Waals surface area contributed by atoms with Gasteiger partial charge in [0, 0.05) is 4.90 Å². The molecule has 132 valence electrons. The Morgan fingerprint density at radius 3 is 2.24 bits per heavy atom. The topological polar surface area (TPSA) is 69.4 Å². The van der Waals surface area contributed by atoms with Crippen molar-refractivity contribution in [1.29, 1.82) is 0 Å². The molecule has 0 spiro atoms. The molecule has 0 amide bonds. The first-order valence-corrected chi connectivity index (χ1v) is 9.79. The van der Waals surface area contributed by atoms with Gasteiger partial charge in [-0.3, -0.25) is 5.21 Å². The molecule has 2 aromatic carbocycles. The molecule has 1 aliphatic rings. The highest BCUT2D eigenvalue weighted by atomic mass is 32.2. The summed E-state index contributed by atoms with van der Waals surface area (Å²) in [6.07, 6.45) is 0.537. The van der Waals surface area contributed by atoms with E-state index >= 15 is 0 Å². The molecule has 1 heterocycles. The van der Waals surface area contributed by atoms with Gasteiger partial charge in [0.25, 0.3) is 0 Å². The minimum atomic E-state index is -3.63. The van der Waals surface area contributed by atoms with Crippen LogP contribution in [0.4, 0.5) is 0 Å². The van der Waals surface area contributed by atoms with Crippen LogP contribution in [0.5, 0.6) is 0 Å². The average molecular weight is 359 g/mol. The molecule has 5 nitrogen and oxygen atoms in total. The molecule has 0 radical (unpaired) electrons. The first-order chi connectivity index (χ1) is 11.8. The third-order valence-corrected chi connectivity index (χ3v) is 5.97. The minimum Gasteiger partial charge on any atom is -0.397 e. The molecule has 0 aliphatic carbocycles. The van der Waals surface area contributed by atoms with Gasteiger partial charge in [-0.25, -0.2) is 8.42 Å². The lowest BCUT2D eigenvalue weighted by Gasteiger charge is -2.36. The Hall–Kier alpha value is -2.34. The Kier molecular flexibility index (Phi) is 4.56. The largest absolute Gasteiger partial charge is 0.397 e. The van der Waals surface area contributed by atoms with Crippen LogP contribution in [0.25, 0.3) is 0 Å². The van der Waals surface area contributed by atoms with Gasteiger partial charge in [-0.15, -0.1) is 0 Å². The van der Waals surface area contributed by atoms with E-state index < -0.39 is 15.4 Å². The monoisotopic (exact) mass is 359 g/mol. The molecular weight excluding hydrogens is 338 g/mol. The van der Waals surface area contributed by atoms with E-state index in [9.17, 15) is 13.6 Å². The summed E-state index contributed by atoms with van der Waals surface area (Å²) in [6.45, 7) is 3.66. The Bertz CT molecular complexity index is 874. The van der Waals surface area contributed by atoms with Crippen LogP contribution in [-0.2, 0) is 14.7 Å². The van der Waals surface area contributed by atoms with Crippen LogP contribution < -0.4 is 0 Å². The fourth-order valence-electron chi connectivity index (χ4n) is 3.11. The molecule has 2 aromatic rings. The number of nitrogens with zero attached hydrogens (tertiary/aromatic N) is 1. The molecule has 0 saturated carbocycles. The summed E-state index contributed by atoms with van der Waals surface area (Å²) in [5.74, 6) is -0.670. The third-order valence-electron chi connectivity index (χ3n) is 4.30. The molecule has 6 heteroatoms. The van der Waals surface area contributed by atoms with Crippen LogP contribution in [0.15, 0.2) is 65.6 Å². The second kappa shape index (κ2) is 6.52. The van der Waals surface area contributed by atoms with Crippen molar-refractivity contribution in [2.45, 2.75) is 36.7 Å². The Morgan fingerprint density at radius 1 is 1.08 bits per heavy atom. The third kappa shape index (κ3) is 3.85. The van der Waals surface area contributed by atoms with Gasteiger partial charge in [0.15, 0.2) is 9.84 Å². The van der Waals surface area contributed by atoms with E-state index in [1.165, 1.54) is 12.1 Å². The van der Waals surface area contributed by atoms with Crippen LogP contribution in [0.2, 0.25) is 0 Å². The highest BCUT2D eigenvalue weighted by Gasteiger charge is 2.41. The van der Waals surface area contributed by atoms with E-state index in [2.05, 4.69) is 0 Å². The van der Waals surface area contributed by atoms with Crippen molar-refractivity contribution in [3.05, 3.63) is 71.4 Å². The van der Waals surface area contributed by atoms with Gasteiger partial charge in [-0.1, -0.05) is 48.5 Å². The maximum atomic E-state index is 12.7. The summed E-state index contributed by atoms with van der Waals surface area (Å²) in [4.78, 5) is 6.00. The van der Waals surface area contributed by atoms with E-state index in [0.717, 1.165) is 5.56 Å². The first kappa shape index (κ1) is 17.5. The number of hydrogen-bond acceptors (Lipinski definition) is 4. The Balaban J connectivity index is 2.02. The van der Waals surface area contributed by atoms with Gasteiger partial charge >= 0.3 is 0 Å². The molecule has 0 unspecified atom stereocenters. The van der Waals surface area contributed by atoms with Gasteiger partial charge in [0.1, 0.15) is 5.75 Å². The van der Waals surface area contributed by atoms with Crippen molar-refractivity contribution in [2.75, 3.05) is 5.75 Å². The lowest BCUT2D eigenvalue weighted by atomic mass is 9.84. The predicted molar refractivity (Wildman–Crippen MR) is 96.1 cm³/mol. The van der Waals surface area contributed by atoms with Crippen LogP contribution in [-0.4, -0.2) is 30.4 Å². The molecule has 0 aromatic heterocycles. The fourth-order valence-corrected chi connectivity index (χ4v) is 4.55. The maximum absolute atomic E-state index is 12.7. The Morgan fingerprint density at radius 2 is 1.64 bits per heavy atom. The fraction of sp³-hybridized carbons (Fsp3) is 0.316. The van der Waals surface area contributed by atoms with Crippen LogP contribution in [0.1, 0.15) is 31.7 Å². The van der Waals surface area contributed by atoms with E-state index in [1.54, 1.807) is 18.2 Å². The smallest absolute Gasteiger partial charge is 0.244 e. The summed E-state index contributed by atoms with van der Waals surface area (Å²) in [5.41, 5.74) is 0.467. The summed E-state index contributed by atoms with van der Waals surface area (Å²) in [6, 6.07) is 17.7. The highest BCUT2D eigenvalue weighted by Crippen LogP contribution is 2.34. The summed E-state index contributed by atoms with van der Waals surface area (Å²) < 4.78 is 25.5. The number of benzene rings is 2. The van der Waals surface area contributed by atoms with Crippen molar-refractivity contribution in [2.24, 2.45) is 0 Å². The zero-order chi connectivity index (χ0) is 18.1. The first-order valence-electron chi connectivity index (χ1n) is 8.13. The summed E-state index contributed by atoms with van der Waals surface area (Å²) in [7, 11) is -3.63. The van der Waals surface area contributed by atoms with Crippen LogP contribution in [0, 0.1) is 5.21 Å². The van der Waals surface area contributed by atoms with Crippen LogP contribution in [0.3, 0.4) is 0 Å². The summed E-state index contributed by atoms with van der Waals surface area (Å²) in [5, 5.41) is 12.5. The van der Waals surface area contributed by atoms with Crippen molar-refractivity contribution < 1.29 is 18.2 Å². The average Bonchev–Trinajstić information content (AvgIpc) is 2.58. The highest BCUT2D eigenvalue weighted by molar-refractivity contribution is 7.92. The quantitative estimate of drug-likeness (QED) is 0.786. The standard InChI is InChI=1S/C19H21NO4S/c1-19(2)13-17(15-9-5-3-6-10-15)18(20(21)24-19)14-25(22,23)16-11-7-4-8-12-16/h3-12,17H,13-14H2,1-2H3/t17-/m1/s1. The van der Waals surface area contributed by atoms with E-state index in [-0.39, 0.29) is 22.3 Å². The molecule has 0 bridgehead atoms. The minimum absolute atomic E-state index is 0.201. The lowest BCUT2D eigenvalue weighted by Crippen LogP contribution is -2.44. The van der Waals surface area contributed by atoms with E-state index in [4.69, 9.17) is 4.84 Å². The molecule has 3 rings (SSSR count). The SMILES string of the molecule is CC1(C)C[C@H](c2ccccc2)C(CS(=O)(=O)c2ccccc2)=[N+]([O-])O1.